The molecule has 5 heteroatoms. The highest BCUT2D eigenvalue weighted by Crippen LogP contribution is 2.20. The number of carboxylic acid groups (broad SMARTS) is 1. The Morgan fingerprint density at radius 2 is 2.23 bits per heavy atom. The topological polar surface area (TPSA) is 83.5 Å². The summed E-state index contributed by atoms with van der Waals surface area (Å²) < 4.78 is 0. The smallest absolute Gasteiger partial charge is 0.303 e. The molecule has 0 aliphatic carbocycles. The third-order valence-electron chi connectivity index (χ3n) is 2.19. The van der Waals surface area contributed by atoms with Crippen LogP contribution in [0.1, 0.15) is 26.2 Å². The maximum Gasteiger partial charge on any atom is 0.303 e. The highest BCUT2D eigenvalue weighted by molar-refractivity contribution is 6.10. The summed E-state index contributed by atoms with van der Waals surface area (Å²) in [6, 6.07) is 0. The molecule has 1 atom stereocenters. The Balaban J connectivity index is 2.60. The quantitative estimate of drug-likeness (QED) is 0.591. The van der Waals surface area contributed by atoms with Gasteiger partial charge in [-0.05, 0) is 13.3 Å². The Bertz CT molecular complexity index is 273. The van der Waals surface area contributed by atoms with Gasteiger partial charge in [0.05, 0.1) is 12.0 Å². The molecule has 1 fully saturated rings. The third-order valence-corrected chi connectivity index (χ3v) is 2.19. The first kappa shape index (κ1) is 9.70. The highest BCUT2D eigenvalue weighted by atomic mass is 16.4. The van der Waals surface area contributed by atoms with Gasteiger partial charge in [0, 0.05) is 6.42 Å². The van der Waals surface area contributed by atoms with Crippen LogP contribution in [0.3, 0.4) is 0 Å². The zero-order valence-electron chi connectivity index (χ0n) is 7.29. The first-order chi connectivity index (χ1) is 5.94. The summed E-state index contributed by atoms with van der Waals surface area (Å²) in [5.41, 5.74) is -0.963. The van der Waals surface area contributed by atoms with Crippen LogP contribution in [-0.2, 0) is 14.4 Å². The van der Waals surface area contributed by atoms with Crippen molar-refractivity contribution in [2.45, 2.75) is 31.7 Å². The van der Waals surface area contributed by atoms with E-state index in [4.69, 9.17) is 5.11 Å². The van der Waals surface area contributed by atoms with Crippen LogP contribution in [0.2, 0.25) is 0 Å². The maximum atomic E-state index is 11.2. The summed E-state index contributed by atoms with van der Waals surface area (Å²) in [6.45, 7) is 1.56. The van der Waals surface area contributed by atoms with E-state index in [0.29, 0.717) is 0 Å². The van der Waals surface area contributed by atoms with Crippen molar-refractivity contribution >= 4 is 17.7 Å². The van der Waals surface area contributed by atoms with Crippen molar-refractivity contribution in [3.63, 3.8) is 0 Å². The largest absolute Gasteiger partial charge is 0.481 e. The van der Waals surface area contributed by atoms with E-state index in [1.54, 1.807) is 6.92 Å². The summed E-state index contributed by atoms with van der Waals surface area (Å²) in [6.07, 6.45) is -0.0778. The average Bonchev–Trinajstić information content (AvgIpc) is 2.23. The van der Waals surface area contributed by atoms with Crippen molar-refractivity contribution < 1.29 is 19.5 Å². The number of nitrogens with one attached hydrogen (secondary N) is 1. The molecule has 1 aliphatic heterocycles. The van der Waals surface area contributed by atoms with Gasteiger partial charge in [-0.15, -0.1) is 0 Å². The molecule has 0 aromatic carbocycles. The Labute approximate surface area is 75.1 Å². The maximum absolute atomic E-state index is 11.2. The summed E-state index contributed by atoms with van der Waals surface area (Å²) in [4.78, 5) is 32.3. The predicted molar refractivity (Wildman–Crippen MR) is 43.0 cm³/mol. The Morgan fingerprint density at radius 3 is 2.62 bits per heavy atom. The lowest BCUT2D eigenvalue weighted by molar-refractivity contribution is -0.137. The van der Waals surface area contributed by atoms with E-state index in [2.05, 4.69) is 5.32 Å². The van der Waals surface area contributed by atoms with Crippen LogP contribution in [0.4, 0.5) is 0 Å². The van der Waals surface area contributed by atoms with E-state index < -0.39 is 11.5 Å². The molecule has 13 heavy (non-hydrogen) atoms. The van der Waals surface area contributed by atoms with Crippen LogP contribution in [0, 0.1) is 0 Å². The molecule has 0 spiro atoms. The summed E-state index contributed by atoms with van der Waals surface area (Å²) in [7, 11) is 0. The van der Waals surface area contributed by atoms with Gasteiger partial charge in [0.25, 0.3) is 0 Å². The second-order valence-electron chi connectivity index (χ2n) is 3.37. The first-order valence-electron chi connectivity index (χ1n) is 4.00. The summed E-state index contributed by atoms with van der Waals surface area (Å²) in [5, 5.41) is 10.9. The number of aliphatic carboxylic acids is 1. The van der Waals surface area contributed by atoms with Crippen molar-refractivity contribution in [1.82, 2.24) is 5.32 Å². The van der Waals surface area contributed by atoms with Gasteiger partial charge in [-0.25, -0.2) is 0 Å². The van der Waals surface area contributed by atoms with Crippen molar-refractivity contribution in [2.24, 2.45) is 0 Å². The number of hydrogen-bond donors (Lipinski definition) is 2. The van der Waals surface area contributed by atoms with Crippen LogP contribution in [0.5, 0.6) is 0 Å². The van der Waals surface area contributed by atoms with E-state index in [1.807, 2.05) is 0 Å². The second-order valence-corrected chi connectivity index (χ2v) is 3.37. The molecule has 1 amide bonds. The normalized spacial score (nSPS) is 27.5. The molecular weight excluding hydrogens is 174 g/mol. The molecule has 1 rings (SSSR count). The summed E-state index contributed by atoms with van der Waals surface area (Å²) in [5.74, 6) is -1.51. The zero-order chi connectivity index (χ0) is 10.1. The fourth-order valence-corrected chi connectivity index (χ4v) is 1.32. The highest BCUT2D eigenvalue weighted by Gasteiger charge is 2.41. The van der Waals surface area contributed by atoms with Crippen molar-refractivity contribution in [1.29, 1.82) is 0 Å². The standard InChI is InChI=1S/C8H11NO4/c1-8(3-2-7(12)13)5(10)4-6(11)9-8/h2-4H2,1H3,(H,9,11)(H,12,13)/t8-/m0/s1. The number of amides is 1. The Morgan fingerprint density at radius 1 is 1.62 bits per heavy atom. The second kappa shape index (κ2) is 3.16. The minimum atomic E-state index is -0.963. The summed E-state index contributed by atoms with van der Waals surface area (Å²) >= 11 is 0. The number of carboxylic acids is 1. The van der Waals surface area contributed by atoms with Gasteiger partial charge in [-0.2, -0.15) is 0 Å². The van der Waals surface area contributed by atoms with E-state index in [1.165, 1.54) is 0 Å². The van der Waals surface area contributed by atoms with E-state index in [9.17, 15) is 14.4 Å². The van der Waals surface area contributed by atoms with Gasteiger partial charge >= 0.3 is 5.97 Å². The SMILES string of the molecule is C[C@@]1(CCC(=O)O)NC(=O)CC1=O. The minimum Gasteiger partial charge on any atom is -0.481 e. The lowest BCUT2D eigenvalue weighted by atomic mass is 9.93. The van der Waals surface area contributed by atoms with Gasteiger partial charge < -0.3 is 10.4 Å². The van der Waals surface area contributed by atoms with Gasteiger partial charge in [0.1, 0.15) is 0 Å². The zero-order valence-corrected chi connectivity index (χ0v) is 7.29. The molecule has 0 aromatic rings. The molecule has 1 aliphatic rings. The van der Waals surface area contributed by atoms with Crippen molar-refractivity contribution in [3.8, 4) is 0 Å². The number of carbonyl (C=O) groups excluding carboxylic acids is 2. The van der Waals surface area contributed by atoms with Gasteiger partial charge in [-0.1, -0.05) is 0 Å². The number of ketones is 1. The fraction of sp³-hybridized carbons (Fsp3) is 0.625. The predicted octanol–water partition coefficient (Wildman–Crippen LogP) is -0.301. The molecule has 2 N–H and O–H groups in total. The van der Waals surface area contributed by atoms with E-state index in [-0.39, 0.29) is 31.0 Å². The van der Waals surface area contributed by atoms with Crippen LogP contribution < -0.4 is 5.32 Å². The minimum absolute atomic E-state index is 0.109. The molecule has 1 saturated heterocycles. The van der Waals surface area contributed by atoms with Crippen LogP contribution in [-0.4, -0.2) is 28.3 Å². The third kappa shape index (κ3) is 2.05. The molecule has 0 aromatic heterocycles. The monoisotopic (exact) mass is 185 g/mol. The fourth-order valence-electron chi connectivity index (χ4n) is 1.32. The number of carbonyl (C=O) groups is 3. The van der Waals surface area contributed by atoms with E-state index in [0.717, 1.165) is 0 Å². The molecule has 1 heterocycles. The molecule has 0 bridgehead atoms. The van der Waals surface area contributed by atoms with Crippen molar-refractivity contribution in [2.75, 3.05) is 0 Å². The first-order valence-corrected chi connectivity index (χ1v) is 4.00. The molecule has 0 unspecified atom stereocenters. The van der Waals surface area contributed by atoms with Crippen LogP contribution in [0.25, 0.3) is 0 Å². The molecule has 0 saturated carbocycles. The molecule has 0 radical (unpaired) electrons. The van der Waals surface area contributed by atoms with Gasteiger partial charge in [0.15, 0.2) is 5.78 Å². The van der Waals surface area contributed by atoms with Crippen molar-refractivity contribution in [3.05, 3.63) is 0 Å². The molecule has 5 nitrogen and oxygen atoms in total. The molecule has 72 valence electrons. The number of Topliss-reactive ketones (excluding diaryl/α,β-unsaturated/α-hetero) is 1. The van der Waals surface area contributed by atoms with Gasteiger partial charge in [-0.3, -0.25) is 14.4 Å². The number of rotatable bonds is 3. The van der Waals surface area contributed by atoms with Crippen LogP contribution >= 0.6 is 0 Å². The lowest BCUT2D eigenvalue weighted by Crippen LogP contribution is -2.43. The Kier molecular flexibility index (Phi) is 2.36. The van der Waals surface area contributed by atoms with Gasteiger partial charge in [0.2, 0.25) is 5.91 Å². The van der Waals surface area contributed by atoms with Crippen LogP contribution in [0.15, 0.2) is 0 Å². The lowest BCUT2D eigenvalue weighted by Gasteiger charge is -2.20. The molecular formula is C8H11NO4. The number of hydrogen-bond acceptors (Lipinski definition) is 3. The van der Waals surface area contributed by atoms with E-state index >= 15 is 0 Å². The Hall–Kier alpha value is -1.39. The average molecular weight is 185 g/mol.